The molecule has 0 saturated heterocycles. The van der Waals surface area contributed by atoms with Gasteiger partial charge in [0.1, 0.15) is 0 Å². The molecular formula is C16H30O3. The molecule has 0 rings (SSSR count). The minimum Gasteiger partial charge on any atom is -0.393 e. The largest absolute Gasteiger partial charge is 0.393 e. The van der Waals surface area contributed by atoms with Crippen LogP contribution in [0, 0.1) is 5.92 Å². The molecule has 0 aromatic carbocycles. The van der Waals surface area contributed by atoms with Crippen molar-refractivity contribution in [1.29, 1.82) is 0 Å². The van der Waals surface area contributed by atoms with Crippen molar-refractivity contribution in [1.82, 2.24) is 0 Å². The summed E-state index contributed by atoms with van der Waals surface area (Å²) in [5.74, 6) is -0.957. The van der Waals surface area contributed by atoms with E-state index >= 15 is 0 Å². The smallest absolute Gasteiger partial charge is 0.316 e. The molecule has 0 aliphatic heterocycles. The maximum atomic E-state index is 11.6. The van der Waals surface area contributed by atoms with Crippen LogP contribution in [0.15, 0.2) is 0 Å². The topological polar surface area (TPSA) is 43.4 Å². The van der Waals surface area contributed by atoms with Crippen molar-refractivity contribution in [3.63, 3.8) is 0 Å². The summed E-state index contributed by atoms with van der Waals surface area (Å²) in [5.41, 5.74) is 0. The van der Waals surface area contributed by atoms with E-state index in [4.69, 9.17) is 0 Å². The minimum atomic E-state index is -0.501. The summed E-state index contributed by atoms with van der Waals surface area (Å²) in [4.78, 5) is 22.3. The number of hydrogen-bond donors (Lipinski definition) is 0. The average Bonchev–Trinajstić information content (AvgIpc) is 2.36. The van der Waals surface area contributed by atoms with E-state index in [9.17, 15) is 9.59 Å². The van der Waals surface area contributed by atoms with E-state index in [1.54, 1.807) is 0 Å². The van der Waals surface area contributed by atoms with E-state index in [-0.39, 0.29) is 11.9 Å². The SMILES string of the molecule is CCCCCCCCCCC(CC)C(=O)OC(C)=O. The van der Waals surface area contributed by atoms with Crippen LogP contribution in [-0.4, -0.2) is 11.9 Å². The summed E-state index contributed by atoms with van der Waals surface area (Å²) in [7, 11) is 0. The highest BCUT2D eigenvalue weighted by Gasteiger charge is 2.18. The van der Waals surface area contributed by atoms with Crippen LogP contribution < -0.4 is 0 Å². The van der Waals surface area contributed by atoms with Gasteiger partial charge in [0, 0.05) is 6.92 Å². The fourth-order valence-electron chi connectivity index (χ4n) is 2.24. The second kappa shape index (κ2) is 12.2. The van der Waals surface area contributed by atoms with Gasteiger partial charge in [-0.2, -0.15) is 0 Å². The minimum absolute atomic E-state index is 0.107. The first-order valence-electron chi connectivity index (χ1n) is 7.84. The van der Waals surface area contributed by atoms with Gasteiger partial charge in [-0.15, -0.1) is 0 Å². The highest BCUT2D eigenvalue weighted by atomic mass is 16.6. The second-order valence-electron chi connectivity index (χ2n) is 5.28. The summed E-state index contributed by atoms with van der Waals surface area (Å²) in [5, 5.41) is 0. The number of unbranched alkanes of at least 4 members (excludes halogenated alkanes) is 7. The third-order valence-electron chi connectivity index (χ3n) is 3.48. The Morgan fingerprint density at radius 2 is 1.42 bits per heavy atom. The van der Waals surface area contributed by atoms with Gasteiger partial charge >= 0.3 is 11.9 Å². The quantitative estimate of drug-likeness (QED) is 0.312. The molecule has 0 aliphatic carbocycles. The Bertz CT molecular complexity index is 248. The number of rotatable bonds is 11. The summed E-state index contributed by atoms with van der Waals surface area (Å²) < 4.78 is 4.65. The number of esters is 2. The van der Waals surface area contributed by atoms with E-state index < -0.39 is 5.97 Å². The van der Waals surface area contributed by atoms with E-state index in [0.717, 1.165) is 19.3 Å². The molecule has 0 saturated carbocycles. The van der Waals surface area contributed by atoms with E-state index in [1.807, 2.05) is 6.92 Å². The molecule has 0 aliphatic rings. The van der Waals surface area contributed by atoms with Crippen LogP contribution in [0.3, 0.4) is 0 Å². The maximum Gasteiger partial charge on any atom is 0.316 e. The lowest BCUT2D eigenvalue weighted by molar-refractivity contribution is -0.161. The lowest BCUT2D eigenvalue weighted by atomic mass is 9.98. The van der Waals surface area contributed by atoms with Crippen molar-refractivity contribution in [3.05, 3.63) is 0 Å². The first-order valence-corrected chi connectivity index (χ1v) is 7.84. The Morgan fingerprint density at radius 3 is 1.89 bits per heavy atom. The van der Waals surface area contributed by atoms with Gasteiger partial charge in [0.25, 0.3) is 0 Å². The molecule has 0 aromatic rings. The molecule has 0 spiro atoms. The summed E-state index contributed by atoms with van der Waals surface area (Å²) in [6.45, 7) is 5.47. The van der Waals surface area contributed by atoms with Crippen molar-refractivity contribution in [2.45, 2.75) is 85.0 Å². The summed E-state index contributed by atoms with van der Waals surface area (Å²) in [6.07, 6.45) is 11.7. The summed E-state index contributed by atoms with van der Waals surface area (Å²) >= 11 is 0. The third kappa shape index (κ3) is 10.7. The molecule has 112 valence electrons. The Morgan fingerprint density at radius 1 is 0.895 bits per heavy atom. The monoisotopic (exact) mass is 270 g/mol. The molecule has 0 fully saturated rings. The van der Waals surface area contributed by atoms with Crippen molar-refractivity contribution >= 4 is 11.9 Å². The Balaban J connectivity index is 3.56. The first kappa shape index (κ1) is 18.1. The molecule has 19 heavy (non-hydrogen) atoms. The Kier molecular flexibility index (Phi) is 11.6. The average molecular weight is 270 g/mol. The predicted molar refractivity (Wildman–Crippen MR) is 77.8 cm³/mol. The van der Waals surface area contributed by atoms with Gasteiger partial charge in [0.15, 0.2) is 0 Å². The van der Waals surface area contributed by atoms with Gasteiger partial charge in [0.2, 0.25) is 0 Å². The maximum absolute atomic E-state index is 11.6. The number of ether oxygens (including phenoxy) is 1. The normalized spacial score (nSPS) is 12.2. The van der Waals surface area contributed by atoms with Gasteiger partial charge in [0.05, 0.1) is 5.92 Å². The fraction of sp³-hybridized carbons (Fsp3) is 0.875. The van der Waals surface area contributed by atoms with Crippen molar-refractivity contribution in [2.75, 3.05) is 0 Å². The summed E-state index contributed by atoms with van der Waals surface area (Å²) in [6, 6.07) is 0. The molecule has 3 heteroatoms. The van der Waals surface area contributed by atoms with Crippen LogP contribution in [0.2, 0.25) is 0 Å². The van der Waals surface area contributed by atoms with Gasteiger partial charge in [-0.25, -0.2) is 0 Å². The molecule has 1 atom stereocenters. The molecule has 3 nitrogen and oxygen atoms in total. The zero-order chi connectivity index (χ0) is 14.5. The number of hydrogen-bond acceptors (Lipinski definition) is 3. The van der Waals surface area contributed by atoms with Crippen LogP contribution in [-0.2, 0) is 14.3 Å². The highest BCUT2D eigenvalue weighted by molar-refractivity contribution is 5.85. The molecule has 0 aromatic heterocycles. The zero-order valence-electron chi connectivity index (χ0n) is 12.9. The van der Waals surface area contributed by atoms with Crippen molar-refractivity contribution < 1.29 is 14.3 Å². The van der Waals surface area contributed by atoms with Gasteiger partial charge in [-0.3, -0.25) is 9.59 Å². The van der Waals surface area contributed by atoms with Crippen LogP contribution in [0.5, 0.6) is 0 Å². The molecule has 0 radical (unpaired) electrons. The molecule has 0 amide bonds. The molecule has 0 heterocycles. The van der Waals surface area contributed by atoms with Gasteiger partial charge in [-0.05, 0) is 12.8 Å². The lowest BCUT2D eigenvalue weighted by Crippen LogP contribution is -2.19. The number of carbonyl (C=O) groups excluding carboxylic acids is 2. The van der Waals surface area contributed by atoms with Crippen LogP contribution >= 0.6 is 0 Å². The van der Waals surface area contributed by atoms with E-state index in [1.165, 1.54) is 51.9 Å². The number of carbonyl (C=O) groups is 2. The Labute approximate surface area is 118 Å². The molecule has 0 N–H and O–H groups in total. The predicted octanol–water partition coefficient (Wildman–Crippen LogP) is 4.63. The van der Waals surface area contributed by atoms with E-state index in [0.29, 0.717) is 0 Å². The Hall–Kier alpha value is -0.860. The fourth-order valence-corrected chi connectivity index (χ4v) is 2.24. The van der Waals surface area contributed by atoms with Crippen LogP contribution in [0.1, 0.15) is 85.0 Å². The lowest BCUT2D eigenvalue weighted by Gasteiger charge is -2.12. The second-order valence-corrected chi connectivity index (χ2v) is 5.28. The zero-order valence-corrected chi connectivity index (χ0v) is 12.9. The highest BCUT2D eigenvalue weighted by Crippen LogP contribution is 2.17. The molecular weight excluding hydrogens is 240 g/mol. The van der Waals surface area contributed by atoms with Crippen LogP contribution in [0.25, 0.3) is 0 Å². The van der Waals surface area contributed by atoms with E-state index in [2.05, 4.69) is 11.7 Å². The van der Waals surface area contributed by atoms with Gasteiger partial charge in [-0.1, -0.05) is 65.2 Å². The van der Waals surface area contributed by atoms with Crippen LogP contribution in [0.4, 0.5) is 0 Å². The molecule has 0 bridgehead atoms. The molecule has 1 unspecified atom stereocenters. The van der Waals surface area contributed by atoms with Crippen molar-refractivity contribution in [2.24, 2.45) is 5.92 Å². The first-order chi connectivity index (χ1) is 9.11. The van der Waals surface area contributed by atoms with Crippen molar-refractivity contribution in [3.8, 4) is 0 Å². The van der Waals surface area contributed by atoms with Gasteiger partial charge < -0.3 is 4.74 Å². The third-order valence-corrected chi connectivity index (χ3v) is 3.48. The standard InChI is InChI=1S/C16H30O3/c1-4-6-7-8-9-10-11-12-13-15(5-2)16(18)19-14(3)17/h15H,4-13H2,1-3H3.